The molecule has 1 aromatic rings. The number of nitrogens with zero attached hydrogens (tertiary/aromatic N) is 2. The molecule has 0 saturated carbocycles. The molecule has 0 spiro atoms. The second-order valence-corrected chi connectivity index (χ2v) is 5.77. The molecule has 16 heavy (non-hydrogen) atoms. The summed E-state index contributed by atoms with van der Waals surface area (Å²) in [4.78, 5) is 6.99. The van der Waals surface area contributed by atoms with E-state index in [0.29, 0.717) is 18.1 Å². The largest absolute Gasteiger partial charge is 0.351 e. The normalized spacial score (nSPS) is 33.1. The summed E-state index contributed by atoms with van der Waals surface area (Å²) in [6.45, 7) is 0. The third-order valence-corrected chi connectivity index (χ3v) is 4.21. The Bertz CT molecular complexity index is 364. The summed E-state index contributed by atoms with van der Waals surface area (Å²) < 4.78 is 1.04. The van der Waals surface area contributed by atoms with E-state index in [4.69, 9.17) is 5.73 Å². The van der Waals surface area contributed by atoms with Crippen LogP contribution in [-0.2, 0) is 0 Å². The van der Waals surface area contributed by atoms with Gasteiger partial charge in [-0.2, -0.15) is 0 Å². The summed E-state index contributed by atoms with van der Waals surface area (Å²) in [5.41, 5.74) is 6.07. The third kappa shape index (κ3) is 1.74. The van der Waals surface area contributed by atoms with Crippen LogP contribution >= 0.6 is 15.9 Å². The highest BCUT2D eigenvalue weighted by Gasteiger charge is 2.40. The van der Waals surface area contributed by atoms with E-state index >= 15 is 0 Å². The predicted octanol–water partition coefficient (Wildman–Crippen LogP) is 2.30. The molecule has 0 radical (unpaired) electrons. The van der Waals surface area contributed by atoms with Crippen molar-refractivity contribution in [1.29, 1.82) is 0 Å². The van der Waals surface area contributed by atoms with Crippen molar-refractivity contribution in [3.63, 3.8) is 0 Å². The Kier molecular flexibility index (Phi) is 2.64. The first-order chi connectivity index (χ1) is 7.74. The number of pyridine rings is 1. The highest BCUT2D eigenvalue weighted by Crippen LogP contribution is 2.37. The topological polar surface area (TPSA) is 42.1 Å². The highest BCUT2D eigenvalue weighted by molar-refractivity contribution is 9.10. The van der Waals surface area contributed by atoms with Gasteiger partial charge in [0, 0.05) is 28.8 Å². The maximum Gasteiger partial charge on any atom is 0.129 e. The van der Waals surface area contributed by atoms with E-state index in [1.165, 1.54) is 12.8 Å². The minimum absolute atomic E-state index is 0.393. The van der Waals surface area contributed by atoms with Gasteiger partial charge < -0.3 is 10.6 Å². The number of anilines is 1. The molecule has 3 heterocycles. The molecule has 3 rings (SSSR count). The van der Waals surface area contributed by atoms with Gasteiger partial charge in [-0.3, -0.25) is 0 Å². The third-order valence-electron chi connectivity index (χ3n) is 3.75. The van der Waals surface area contributed by atoms with Gasteiger partial charge in [-0.1, -0.05) is 0 Å². The van der Waals surface area contributed by atoms with E-state index in [1.807, 2.05) is 6.20 Å². The molecule has 0 amide bonds. The van der Waals surface area contributed by atoms with Crippen molar-refractivity contribution in [2.24, 2.45) is 5.73 Å². The molecule has 2 fully saturated rings. The maximum absolute atomic E-state index is 6.07. The summed E-state index contributed by atoms with van der Waals surface area (Å²) in [7, 11) is 0. The molecular weight excluding hydrogens is 266 g/mol. The number of halogens is 1. The van der Waals surface area contributed by atoms with E-state index < -0.39 is 0 Å². The quantitative estimate of drug-likeness (QED) is 0.859. The molecule has 2 aliphatic heterocycles. The van der Waals surface area contributed by atoms with Crippen LogP contribution < -0.4 is 10.6 Å². The van der Waals surface area contributed by atoms with Gasteiger partial charge in [0.1, 0.15) is 5.82 Å². The van der Waals surface area contributed by atoms with Gasteiger partial charge in [-0.15, -0.1) is 0 Å². The lowest BCUT2D eigenvalue weighted by atomic mass is 9.98. The Hall–Kier alpha value is -0.610. The molecule has 0 aromatic carbocycles. The fraction of sp³-hybridized carbons (Fsp3) is 0.583. The number of aromatic nitrogens is 1. The zero-order chi connectivity index (χ0) is 11.1. The minimum atomic E-state index is 0.393. The number of piperidine rings is 1. The van der Waals surface area contributed by atoms with Crippen LogP contribution in [0.3, 0.4) is 0 Å². The molecule has 2 N–H and O–H groups in total. The molecule has 1 aromatic heterocycles. The second-order valence-electron chi connectivity index (χ2n) is 4.86. The number of hydrogen-bond acceptors (Lipinski definition) is 3. The minimum Gasteiger partial charge on any atom is -0.351 e. The first-order valence-electron chi connectivity index (χ1n) is 5.89. The van der Waals surface area contributed by atoms with Crippen LogP contribution in [0.4, 0.5) is 5.82 Å². The van der Waals surface area contributed by atoms with E-state index in [9.17, 15) is 0 Å². The lowest BCUT2D eigenvalue weighted by Gasteiger charge is -2.38. The zero-order valence-electron chi connectivity index (χ0n) is 9.14. The summed E-state index contributed by atoms with van der Waals surface area (Å²) in [6.07, 6.45) is 6.66. The Morgan fingerprint density at radius 1 is 1.25 bits per heavy atom. The van der Waals surface area contributed by atoms with Crippen molar-refractivity contribution in [2.45, 2.75) is 43.8 Å². The van der Waals surface area contributed by atoms with Crippen LogP contribution in [0.25, 0.3) is 0 Å². The maximum atomic E-state index is 6.07. The SMILES string of the molecule is NC1CC2CCC(C1)N2c1ccc(Br)cn1. The molecule has 2 aliphatic rings. The van der Waals surface area contributed by atoms with Crippen LogP contribution in [0, 0.1) is 0 Å². The van der Waals surface area contributed by atoms with Crippen LogP contribution in [-0.4, -0.2) is 23.1 Å². The first-order valence-corrected chi connectivity index (χ1v) is 6.69. The van der Waals surface area contributed by atoms with Crippen molar-refractivity contribution < 1.29 is 0 Å². The number of rotatable bonds is 1. The van der Waals surface area contributed by atoms with E-state index in [0.717, 1.165) is 23.1 Å². The molecule has 4 heteroatoms. The molecule has 0 aliphatic carbocycles. The number of hydrogen-bond donors (Lipinski definition) is 1. The van der Waals surface area contributed by atoms with Crippen LogP contribution in [0.2, 0.25) is 0 Å². The van der Waals surface area contributed by atoms with Gasteiger partial charge in [0.05, 0.1) is 0 Å². The van der Waals surface area contributed by atoms with Gasteiger partial charge in [0.2, 0.25) is 0 Å². The summed E-state index contributed by atoms with van der Waals surface area (Å²) >= 11 is 3.42. The Balaban J connectivity index is 1.88. The molecule has 2 atom stereocenters. The lowest BCUT2D eigenvalue weighted by Crippen LogP contribution is -2.47. The molecule has 2 unspecified atom stereocenters. The fourth-order valence-electron chi connectivity index (χ4n) is 3.11. The van der Waals surface area contributed by atoms with Gasteiger partial charge in [-0.05, 0) is 53.7 Å². The Morgan fingerprint density at radius 3 is 2.50 bits per heavy atom. The van der Waals surface area contributed by atoms with Crippen molar-refractivity contribution in [3.05, 3.63) is 22.8 Å². The Morgan fingerprint density at radius 2 is 1.94 bits per heavy atom. The van der Waals surface area contributed by atoms with Crippen molar-refractivity contribution in [1.82, 2.24) is 4.98 Å². The monoisotopic (exact) mass is 281 g/mol. The molecule has 3 nitrogen and oxygen atoms in total. The average Bonchev–Trinajstić information content (AvgIpc) is 2.54. The van der Waals surface area contributed by atoms with E-state index in [-0.39, 0.29) is 0 Å². The van der Waals surface area contributed by atoms with Crippen molar-refractivity contribution in [2.75, 3.05) is 4.90 Å². The van der Waals surface area contributed by atoms with Crippen molar-refractivity contribution >= 4 is 21.7 Å². The lowest BCUT2D eigenvalue weighted by molar-refractivity contribution is 0.412. The average molecular weight is 282 g/mol. The van der Waals surface area contributed by atoms with Crippen LogP contribution in [0.15, 0.2) is 22.8 Å². The van der Waals surface area contributed by atoms with Gasteiger partial charge in [-0.25, -0.2) is 4.98 Å². The predicted molar refractivity (Wildman–Crippen MR) is 68.4 cm³/mol. The molecule has 2 bridgehead atoms. The van der Waals surface area contributed by atoms with Gasteiger partial charge in [0.25, 0.3) is 0 Å². The highest BCUT2D eigenvalue weighted by atomic mass is 79.9. The van der Waals surface area contributed by atoms with E-state index in [1.54, 1.807) is 0 Å². The molecular formula is C12H16BrN3. The van der Waals surface area contributed by atoms with Crippen LogP contribution in [0.5, 0.6) is 0 Å². The molecule has 86 valence electrons. The van der Waals surface area contributed by atoms with Gasteiger partial charge >= 0.3 is 0 Å². The number of fused-ring (bicyclic) bond motifs is 2. The first kappa shape index (κ1) is 10.5. The summed E-state index contributed by atoms with van der Waals surface area (Å²) in [5.74, 6) is 1.11. The van der Waals surface area contributed by atoms with Crippen LogP contribution in [0.1, 0.15) is 25.7 Å². The zero-order valence-corrected chi connectivity index (χ0v) is 10.7. The van der Waals surface area contributed by atoms with E-state index in [2.05, 4.69) is 37.9 Å². The Labute approximate surface area is 104 Å². The summed E-state index contributed by atoms with van der Waals surface area (Å²) in [6, 6.07) is 5.79. The summed E-state index contributed by atoms with van der Waals surface area (Å²) in [5, 5.41) is 0. The van der Waals surface area contributed by atoms with Crippen molar-refractivity contribution in [3.8, 4) is 0 Å². The smallest absolute Gasteiger partial charge is 0.129 e. The second kappa shape index (κ2) is 4.00. The fourth-order valence-corrected chi connectivity index (χ4v) is 3.35. The number of nitrogens with two attached hydrogens (primary N) is 1. The molecule has 2 saturated heterocycles. The standard InChI is InChI=1S/C12H16BrN3/c13-8-1-4-12(15-7-8)16-10-2-3-11(16)6-9(14)5-10/h1,4,7,9-11H,2-3,5-6,14H2. The van der Waals surface area contributed by atoms with Gasteiger partial charge in [0.15, 0.2) is 0 Å².